The summed E-state index contributed by atoms with van der Waals surface area (Å²) in [5, 5.41) is 0.932. The Hall–Kier alpha value is -1.77. The molecule has 0 fully saturated rings. The van der Waals surface area contributed by atoms with E-state index in [0.717, 1.165) is 40.6 Å². The van der Waals surface area contributed by atoms with Crippen molar-refractivity contribution in [2.24, 2.45) is 0 Å². The molecule has 2 aromatic rings. The first-order valence-electron chi connectivity index (χ1n) is 4.94. The van der Waals surface area contributed by atoms with E-state index in [1.807, 2.05) is 25.1 Å². The van der Waals surface area contributed by atoms with Crippen molar-refractivity contribution in [1.82, 2.24) is 4.98 Å². The molecule has 0 amide bonds. The van der Waals surface area contributed by atoms with E-state index in [9.17, 15) is 4.79 Å². The van der Waals surface area contributed by atoms with E-state index in [2.05, 4.69) is 4.98 Å². The Morgan fingerprint density at radius 3 is 2.87 bits per heavy atom. The minimum Gasteiger partial charge on any atom is -0.497 e. The van der Waals surface area contributed by atoms with Gasteiger partial charge >= 0.3 is 0 Å². The molecule has 1 aromatic carbocycles. The number of H-pyrrole nitrogens is 1. The molecule has 15 heavy (non-hydrogen) atoms. The lowest BCUT2D eigenvalue weighted by molar-refractivity contribution is 0.112. The van der Waals surface area contributed by atoms with E-state index < -0.39 is 0 Å². The average Bonchev–Trinajstić information content (AvgIpc) is 2.65. The fourth-order valence-electron chi connectivity index (χ4n) is 1.79. The van der Waals surface area contributed by atoms with Gasteiger partial charge in [0.2, 0.25) is 0 Å². The van der Waals surface area contributed by atoms with Gasteiger partial charge in [0.25, 0.3) is 0 Å². The third-order valence-corrected chi connectivity index (χ3v) is 2.60. The topological polar surface area (TPSA) is 42.1 Å². The van der Waals surface area contributed by atoms with Crippen LogP contribution in [-0.2, 0) is 6.42 Å². The third-order valence-electron chi connectivity index (χ3n) is 2.60. The summed E-state index contributed by atoms with van der Waals surface area (Å²) in [5.41, 5.74) is 2.70. The number of benzene rings is 1. The molecule has 0 unspecified atom stereocenters. The first-order valence-corrected chi connectivity index (χ1v) is 4.94. The second-order valence-corrected chi connectivity index (χ2v) is 3.40. The molecule has 3 nitrogen and oxygen atoms in total. The molecule has 0 bridgehead atoms. The molecule has 2 rings (SSSR count). The van der Waals surface area contributed by atoms with Crippen LogP contribution in [0.1, 0.15) is 23.0 Å². The predicted octanol–water partition coefficient (Wildman–Crippen LogP) is 2.55. The van der Waals surface area contributed by atoms with Gasteiger partial charge in [-0.1, -0.05) is 6.92 Å². The SMILES string of the molecule is CCc1[nH]c2ccc(OC)cc2c1C=O. The smallest absolute Gasteiger partial charge is 0.152 e. The van der Waals surface area contributed by atoms with Gasteiger partial charge in [-0.2, -0.15) is 0 Å². The Bertz CT molecular complexity index is 500. The number of aromatic amines is 1. The van der Waals surface area contributed by atoms with Crippen molar-refractivity contribution in [2.75, 3.05) is 7.11 Å². The highest BCUT2D eigenvalue weighted by Crippen LogP contribution is 2.25. The van der Waals surface area contributed by atoms with Crippen LogP contribution in [0.5, 0.6) is 5.75 Å². The lowest BCUT2D eigenvalue weighted by Crippen LogP contribution is -1.86. The van der Waals surface area contributed by atoms with Crippen LogP contribution in [0.25, 0.3) is 10.9 Å². The molecule has 0 atom stereocenters. The number of carbonyl (C=O) groups excluding carboxylic acids is 1. The highest BCUT2D eigenvalue weighted by molar-refractivity contribution is 5.99. The van der Waals surface area contributed by atoms with Crippen LogP contribution in [0.4, 0.5) is 0 Å². The molecule has 0 radical (unpaired) electrons. The van der Waals surface area contributed by atoms with Gasteiger partial charge in [0.15, 0.2) is 6.29 Å². The Labute approximate surface area is 88.1 Å². The fourth-order valence-corrected chi connectivity index (χ4v) is 1.79. The second-order valence-electron chi connectivity index (χ2n) is 3.40. The fraction of sp³-hybridized carbons (Fsp3) is 0.250. The van der Waals surface area contributed by atoms with Crippen molar-refractivity contribution in [3.05, 3.63) is 29.5 Å². The van der Waals surface area contributed by atoms with Crippen LogP contribution < -0.4 is 4.74 Å². The zero-order chi connectivity index (χ0) is 10.8. The van der Waals surface area contributed by atoms with Crippen molar-refractivity contribution in [1.29, 1.82) is 0 Å². The van der Waals surface area contributed by atoms with Crippen LogP contribution in [-0.4, -0.2) is 18.4 Å². The van der Waals surface area contributed by atoms with Crippen molar-refractivity contribution < 1.29 is 9.53 Å². The number of rotatable bonds is 3. The number of aldehydes is 1. The first-order chi connectivity index (χ1) is 7.30. The monoisotopic (exact) mass is 203 g/mol. The van der Waals surface area contributed by atoms with Crippen LogP contribution in [0.2, 0.25) is 0 Å². The molecule has 1 N–H and O–H groups in total. The van der Waals surface area contributed by atoms with Crippen molar-refractivity contribution in [2.45, 2.75) is 13.3 Å². The quantitative estimate of drug-likeness (QED) is 0.779. The molecule has 1 heterocycles. The largest absolute Gasteiger partial charge is 0.497 e. The maximum Gasteiger partial charge on any atom is 0.152 e. The van der Waals surface area contributed by atoms with Gasteiger partial charge in [0, 0.05) is 22.2 Å². The van der Waals surface area contributed by atoms with Crippen molar-refractivity contribution in [3.8, 4) is 5.75 Å². The van der Waals surface area contributed by atoms with Gasteiger partial charge in [0.1, 0.15) is 5.75 Å². The summed E-state index contributed by atoms with van der Waals surface area (Å²) in [4.78, 5) is 14.2. The van der Waals surface area contributed by atoms with E-state index in [0.29, 0.717) is 0 Å². The zero-order valence-corrected chi connectivity index (χ0v) is 8.83. The van der Waals surface area contributed by atoms with Crippen LogP contribution in [0, 0.1) is 0 Å². The standard InChI is InChI=1S/C12H13NO2/c1-3-11-10(7-14)9-6-8(15-2)4-5-12(9)13-11/h4-7,13H,3H2,1-2H3. The van der Waals surface area contributed by atoms with E-state index in [1.165, 1.54) is 0 Å². The number of aryl methyl sites for hydroxylation is 1. The lowest BCUT2D eigenvalue weighted by atomic mass is 10.1. The van der Waals surface area contributed by atoms with Crippen LogP contribution in [0.3, 0.4) is 0 Å². The van der Waals surface area contributed by atoms with Crippen LogP contribution >= 0.6 is 0 Å². The molecule has 3 heteroatoms. The molecule has 0 aliphatic carbocycles. The number of fused-ring (bicyclic) bond motifs is 1. The van der Waals surface area contributed by atoms with E-state index >= 15 is 0 Å². The highest BCUT2D eigenvalue weighted by atomic mass is 16.5. The zero-order valence-electron chi connectivity index (χ0n) is 8.83. The number of nitrogens with one attached hydrogen (secondary N) is 1. The Morgan fingerprint density at radius 2 is 2.27 bits per heavy atom. The third kappa shape index (κ3) is 1.50. The number of carbonyl (C=O) groups is 1. The number of ether oxygens (including phenoxy) is 1. The van der Waals surface area contributed by atoms with Crippen molar-refractivity contribution >= 4 is 17.2 Å². The summed E-state index contributed by atoms with van der Waals surface area (Å²) < 4.78 is 5.13. The number of aromatic nitrogens is 1. The van der Waals surface area contributed by atoms with Gasteiger partial charge in [-0.05, 0) is 24.6 Å². The summed E-state index contributed by atoms with van der Waals surface area (Å²) >= 11 is 0. The molecule has 0 saturated heterocycles. The Balaban J connectivity index is 2.73. The van der Waals surface area contributed by atoms with Gasteiger partial charge in [-0.15, -0.1) is 0 Å². The van der Waals surface area contributed by atoms with Gasteiger partial charge in [0.05, 0.1) is 7.11 Å². The Morgan fingerprint density at radius 1 is 1.47 bits per heavy atom. The number of methoxy groups -OCH3 is 1. The van der Waals surface area contributed by atoms with Gasteiger partial charge in [-0.25, -0.2) is 0 Å². The summed E-state index contributed by atoms with van der Waals surface area (Å²) in [6.45, 7) is 2.02. The maximum absolute atomic E-state index is 11.0. The van der Waals surface area contributed by atoms with E-state index in [-0.39, 0.29) is 0 Å². The highest BCUT2D eigenvalue weighted by Gasteiger charge is 2.09. The molecule has 0 aliphatic rings. The average molecular weight is 203 g/mol. The van der Waals surface area contributed by atoms with E-state index in [4.69, 9.17) is 4.74 Å². The normalized spacial score (nSPS) is 10.5. The summed E-state index contributed by atoms with van der Waals surface area (Å²) in [5.74, 6) is 0.771. The predicted molar refractivity (Wildman–Crippen MR) is 59.6 cm³/mol. The molecule has 1 aromatic heterocycles. The minimum absolute atomic E-state index is 0.742. The molecule has 0 saturated carbocycles. The van der Waals surface area contributed by atoms with Gasteiger partial charge < -0.3 is 9.72 Å². The van der Waals surface area contributed by atoms with Crippen LogP contribution in [0.15, 0.2) is 18.2 Å². The second kappa shape index (κ2) is 3.77. The first kappa shape index (κ1) is 9.77. The molecule has 0 aliphatic heterocycles. The van der Waals surface area contributed by atoms with E-state index in [1.54, 1.807) is 7.11 Å². The number of hydrogen-bond donors (Lipinski definition) is 1. The minimum atomic E-state index is 0.742. The maximum atomic E-state index is 11.0. The number of hydrogen-bond acceptors (Lipinski definition) is 2. The molecular formula is C12H13NO2. The summed E-state index contributed by atoms with van der Waals surface area (Å²) in [6.07, 6.45) is 1.72. The van der Waals surface area contributed by atoms with Gasteiger partial charge in [-0.3, -0.25) is 4.79 Å². The molecule has 0 spiro atoms. The molecular weight excluding hydrogens is 190 g/mol. The summed E-state index contributed by atoms with van der Waals surface area (Å²) in [6, 6.07) is 5.70. The Kier molecular flexibility index (Phi) is 2.46. The van der Waals surface area contributed by atoms with Crippen molar-refractivity contribution in [3.63, 3.8) is 0 Å². The lowest BCUT2D eigenvalue weighted by Gasteiger charge is -1.98. The summed E-state index contributed by atoms with van der Waals surface area (Å²) in [7, 11) is 1.62. The molecule has 78 valence electrons.